The fourth-order valence-corrected chi connectivity index (χ4v) is 0.707. The van der Waals surface area contributed by atoms with Crippen LogP contribution in [0.1, 0.15) is 53.9 Å². The number of carbonyl (C=O) groups is 1. The Balaban J connectivity index is 0. The van der Waals surface area contributed by atoms with E-state index in [0.29, 0.717) is 5.41 Å². The molecular formula is C11H24O2. The van der Waals surface area contributed by atoms with Crippen LogP contribution in [0.15, 0.2) is 0 Å². The molecule has 0 N–H and O–H groups in total. The molecule has 0 heterocycles. The molecule has 0 rings (SSSR count). The summed E-state index contributed by atoms with van der Waals surface area (Å²) in [6.07, 6.45) is 4.07. The van der Waals surface area contributed by atoms with Crippen LogP contribution < -0.4 is 0 Å². The molecule has 0 aliphatic heterocycles. The molecular weight excluding hydrogens is 164 g/mol. The maximum atomic E-state index is 9.59. The van der Waals surface area contributed by atoms with Crippen molar-refractivity contribution in [3.63, 3.8) is 0 Å². The quantitative estimate of drug-likeness (QED) is 0.621. The van der Waals surface area contributed by atoms with E-state index in [1.165, 1.54) is 33.3 Å². The number of hydrogen-bond acceptors (Lipinski definition) is 2. The van der Waals surface area contributed by atoms with E-state index in [2.05, 4.69) is 32.4 Å². The maximum absolute atomic E-state index is 9.59. The minimum atomic E-state index is -0.245. The van der Waals surface area contributed by atoms with Gasteiger partial charge in [-0.05, 0) is 11.8 Å². The van der Waals surface area contributed by atoms with Gasteiger partial charge in [-0.1, -0.05) is 40.5 Å². The second-order valence-corrected chi connectivity index (χ2v) is 4.36. The van der Waals surface area contributed by atoms with Crippen LogP contribution in [0.3, 0.4) is 0 Å². The number of carbonyl (C=O) groups excluding carboxylic acids is 1. The van der Waals surface area contributed by atoms with Crippen molar-refractivity contribution in [3.05, 3.63) is 0 Å². The zero-order valence-electron chi connectivity index (χ0n) is 9.94. The Morgan fingerprint density at radius 1 is 1.31 bits per heavy atom. The summed E-state index contributed by atoms with van der Waals surface area (Å²) in [5.41, 5.74) is 0.552. The number of ether oxygens (including phenoxy) is 1. The maximum Gasteiger partial charge on any atom is 0.302 e. The van der Waals surface area contributed by atoms with Crippen molar-refractivity contribution in [2.75, 3.05) is 7.11 Å². The fraction of sp³-hybridized carbons (Fsp3) is 0.909. The summed E-state index contributed by atoms with van der Waals surface area (Å²) in [4.78, 5) is 9.59. The van der Waals surface area contributed by atoms with Crippen molar-refractivity contribution in [1.29, 1.82) is 0 Å². The molecule has 0 aromatic heterocycles. The standard InChI is InChI=1S/C8H18.C3H6O2/c1-5-6-7-8(2,3)4;1-3(4)5-2/h5-7H2,1-4H3;1-2H3. The monoisotopic (exact) mass is 188 g/mol. The van der Waals surface area contributed by atoms with E-state index >= 15 is 0 Å². The van der Waals surface area contributed by atoms with Gasteiger partial charge in [0.05, 0.1) is 7.11 Å². The molecule has 0 aliphatic carbocycles. The second-order valence-electron chi connectivity index (χ2n) is 4.36. The van der Waals surface area contributed by atoms with E-state index in [0.717, 1.165) is 0 Å². The number of rotatable bonds is 2. The van der Waals surface area contributed by atoms with Crippen LogP contribution in [0.25, 0.3) is 0 Å². The van der Waals surface area contributed by atoms with Gasteiger partial charge in [-0.2, -0.15) is 0 Å². The largest absolute Gasteiger partial charge is 0.469 e. The zero-order chi connectivity index (χ0) is 10.9. The number of esters is 1. The first-order valence-corrected chi connectivity index (χ1v) is 4.88. The highest BCUT2D eigenvalue weighted by atomic mass is 16.5. The fourth-order valence-electron chi connectivity index (χ4n) is 0.707. The lowest BCUT2D eigenvalue weighted by atomic mass is 9.90. The summed E-state index contributed by atoms with van der Waals surface area (Å²) in [7, 11) is 1.35. The summed E-state index contributed by atoms with van der Waals surface area (Å²) in [5, 5.41) is 0. The molecule has 80 valence electrons. The molecule has 0 amide bonds. The van der Waals surface area contributed by atoms with Crippen LogP contribution in [0.5, 0.6) is 0 Å². The normalized spacial score (nSPS) is 10.0. The highest BCUT2D eigenvalue weighted by molar-refractivity contribution is 5.65. The molecule has 0 fully saturated rings. The zero-order valence-corrected chi connectivity index (χ0v) is 9.94. The van der Waals surface area contributed by atoms with E-state index in [-0.39, 0.29) is 5.97 Å². The highest BCUT2D eigenvalue weighted by Gasteiger charge is 2.07. The Hall–Kier alpha value is -0.530. The molecule has 0 saturated heterocycles. The molecule has 0 radical (unpaired) electrons. The van der Waals surface area contributed by atoms with Crippen LogP contribution >= 0.6 is 0 Å². The third-order valence-corrected chi connectivity index (χ3v) is 1.57. The van der Waals surface area contributed by atoms with Gasteiger partial charge in [0.2, 0.25) is 0 Å². The van der Waals surface area contributed by atoms with Crippen LogP contribution in [0.2, 0.25) is 0 Å². The minimum absolute atomic E-state index is 0.245. The molecule has 0 aromatic carbocycles. The van der Waals surface area contributed by atoms with Gasteiger partial charge in [0, 0.05) is 6.92 Å². The molecule has 2 heteroatoms. The summed E-state index contributed by atoms with van der Waals surface area (Å²) in [6.45, 7) is 10.5. The molecule has 0 bridgehead atoms. The number of hydrogen-bond donors (Lipinski definition) is 0. The van der Waals surface area contributed by atoms with Gasteiger partial charge in [-0.15, -0.1) is 0 Å². The average Bonchev–Trinajstić information content (AvgIpc) is 2.00. The van der Waals surface area contributed by atoms with E-state index in [1.807, 2.05) is 0 Å². The van der Waals surface area contributed by atoms with Crippen LogP contribution in [-0.4, -0.2) is 13.1 Å². The van der Waals surface area contributed by atoms with Crippen molar-refractivity contribution in [2.24, 2.45) is 5.41 Å². The Bertz CT molecular complexity index is 123. The predicted octanol–water partition coefficient (Wildman–Crippen LogP) is 3.40. The van der Waals surface area contributed by atoms with Crippen LogP contribution in [-0.2, 0) is 9.53 Å². The predicted molar refractivity (Wildman–Crippen MR) is 56.7 cm³/mol. The molecule has 0 atom stereocenters. The second kappa shape index (κ2) is 8.09. The van der Waals surface area contributed by atoms with Gasteiger partial charge >= 0.3 is 5.97 Å². The molecule has 13 heavy (non-hydrogen) atoms. The Labute approximate surface area is 82.7 Å². The van der Waals surface area contributed by atoms with E-state index in [1.54, 1.807) is 0 Å². The Morgan fingerprint density at radius 3 is 1.77 bits per heavy atom. The summed E-state index contributed by atoms with van der Waals surface area (Å²) < 4.78 is 4.11. The van der Waals surface area contributed by atoms with Gasteiger partial charge < -0.3 is 4.74 Å². The first-order chi connectivity index (χ1) is 5.83. The average molecular weight is 188 g/mol. The first-order valence-electron chi connectivity index (χ1n) is 4.88. The Morgan fingerprint density at radius 2 is 1.69 bits per heavy atom. The van der Waals surface area contributed by atoms with Crippen molar-refractivity contribution in [2.45, 2.75) is 53.9 Å². The number of methoxy groups -OCH3 is 1. The van der Waals surface area contributed by atoms with Crippen molar-refractivity contribution in [3.8, 4) is 0 Å². The van der Waals surface area contributed by atoms with Crippen molar-refractivity contribution >= 4 is 5.97 Å². The lowest BCUT2D eigenvalue weighted by Gasteiger charge is -2.16. The minimum Gasteiger partial charge on any atom is -0.469 e. The molecule has 2 nitrogen and oxygen atoms in total. The summed E-state index contributed by atoms with van der Waals surface area (Å²) in [5.74, 6) is -0.245. The van der Waals surface area contributed by atoms with Gasteiger partial charge in [-0.25, -0.2) is 0 Å². The van der Waals surface area contributed by atoms with E-state index < -0.39 is 0 Å². The van der Waals surface area contributed by atoms with Crippen LogP contribution in [0, 0.1) is 5.41 Å². The lowest BCUT2D eigenvalue weighted by molar-refractivity contribution is -0.137. The molecule has 0 spiro atoms. The van der Waals surface area contributed by atoms with E-state index in [4.69, 9.17) is 0 Å². The highest BCUT2D eigenvalue weighted by Crippen LogP contribution is 2.20. The van der Waals surface area contributed by atoms with Gasteiger partial charge in [0.25, 0.3) is 0 Å². The van der Waals surface area contributed by atoms with Crippen molar-refractivity contribution < 1.29 is 9.53 Å². The third kappa shape index (κ3) is 24.6. The Kier molecular flexibility index (Phi) is 9.31. The molecule has 0 aromatic rings. The third-order valence-electron chi connectivity index (χ3n) is 1.57. The summed E-state index contributed by atoms with van der Waals surface area (Å²) in [6, 6.07) is 0. The number of unbranched alkanes of at least 4 members (excludes halogenated alkanes) is 1. The van der Waals surface area contributed by atoms with Gasteiger partial charge in [0.1, 0.15) is 0 Å². The summed E-state index contributed by atoms with van der Waals surface area (Å²) >= 11 is 0. The van der Waals surface area contributed by atoms with Gasteiger partial charge in [0.15, 0.2) is 0 Å². The lowest BCUT2D eigenvalue weighted by Crippen LogP contribution is -2.03. The molecule has 0 saturated carbocycles. The van der Waals surface area contributed by atoms with Crippen molar-refractivity contribution in [1.82, 2.24) is 0 Å². The smallest absolute Gasteiger partial charge is 0.302 e. The van der Waals surface area contributed by atoms with Crippen LogP contribution in [0.4, 0.5) is 0 Å². The van der Waals surface area contributed by atoms with Gasteiger partial charge in [-0.3, -0.25) is 4.79 Å². The first kappa shape index (κ1) is 15.0. The topological polar surface area (TPSA) is 26.3 Å². The molecule has 0 unspecified atom stereocenters. The SMILES string of the molecule is CCCCC(C)(C)C.COC(C)=O. The van der Waals surface area contributed by atoms with E-state index in [9.17, 15) is 4.79 Å². The molecule has 0 aliphatic rings.